The third kappa shape index (κ3) is 2.86. The van der Waals surface area contributed by atoms with Crippen LogP contribution in [0.25, 0.3) is 0 Å². The Labute approximate surface area is 101 Å². The maximum atomic E-state index is 11.1. The van der Waals surface area contributed by atoms with Gasteiger partial charge in [0.2, 0.25) is 5.89 Å². The molecule has 0 unspecified atom stereocenters. The van der Waals surface area contributed by atoms with Crippen LogP contribution in [-0.4, -0.2) is 16.1 Å². The Bertz CT molecular complexity index is 522. The molecule has 7 nitrogen and oxygen atoms in total. The quantitative estimate of drug-likeness (QED) is 0.360. The summed E-state index contributed by atoms with van der Waals surface area (Å²) in [5, 5.41) is 7.98. The normalized spacial score (nSPS) is 10.5. The molecule has 2 aromatic rings. The molecular formula is C9H10N4O3S. The number of nitrogens with one attached hydrogen (secondary N) is 1. The van der Waals surface area contributed by atoms with Crippen molar-refractivity contribution in [2.45, 2.75) is 17.9 Å². The van der Waals surface area contributed by atoms with Gasteiger partial charge in [-0.25, -0.2) is 5.84 Å². The van der Waals surface area contributed by atoms with E-state index in [2.05, 4.69) is 10.2 Å². The SMILES string of the molecule is Cc1nnc(SCc2ccc(C(=O)NN)o2)o1. The lowest BCUT2D eigenvalue weighted by Gasteiger charge is -1.94. The van der Waals surface area contributed by atoms with Gasteiger partial charge in [-0.15, -0.1) is 10.2 Å². The van der Waals surface area contributed by atoms with E-state index in [0.717, 1.165) is 0 Å². The molecular weight excluding hydrogens is 244 g/mol. The van der Waals surface area contributed by atoms with Gasteiger partial charge in [-0.2, -0.15) is 0 Å². The predicted molar refractivity (Wildman–Crippen MR) is 59.0 cm³/mol. The first-order chi connectivity index (χ1) is 8.19. The highest BCUT2D eigenvalue weighted by atomic mass is 32.2. The summed E-state index contributed by atoms with van der Waals surface area (Å²) >= 11 is 1.33. The van der Waals surface area contributed by atoms with Crippen molar-refractivity contribution in [3.05, 3.63) is 29.5 Å². The fraction of sp³-hybridized carbons (Fsp3) is 0.222. The molecule has 0 aliphatic rings. The van der Waals surface area contributed by atoms with Crippen molar-refractivity contribution in [1.29, 1.82) is 0 Å². The van der Waals surface area contributed by atoms with E-state index in [9.17, 15) is 4.79 Å². The van der Waals surface area contributed by atoms with Gasteiger partial charge in [-0.1, -0.05) is 11.8 Å². The molecule has 0 spiro atoms. The fourth-order valence-electron chi connectivity index (χ4n) is 1.12. The van der Waals surface area contributed by atoms with Crippen LogP contribution < -0.4 is 11.3 Å². The van der Waals surface area contributed by atoms with Crippen LogP contribution in [0.15, 0.2) is 26.2 Å². The second-order valence-corrected chi connectivity index (χ2v) is 4.04. The summed E-state index contributed by atoms with van der Waals surface area (Å²) in [4.78, 5) is 11.1. The van der Waals surface area contributed by atoms with Gasteiger partial charge >= 0.3 is 5.91 Å². The molecule has 8 heteroatoms. The maximum Gasteiger partial charge on any atom is 0.300 e. The van der Waals surface area contributed by atoms with Gasteiger partial charge in [-0.05, 0) is 12.1 Å². The summed E-state index contributed by atoms with van der Waals surface area (Å²) in [6.45, 7) is 1.72. The molecule has 17 heavy (non-hydrogen) atoms. The van der Waals surface area contributed by atoms with Crippen molar-refractivity contribution in [1.82, 2.24) is 15.6 Å². The average molecular weight is 254 g/mol. The first-order valence-corrected chi connectivity index (χ1v) is 5.70. The molecule has 0 fully saturated rings. The molecule has 0 aromatic carbocycles. The number of rotatable bonds is 4. The lowest BCUT2D eigenvalue weighted by molar-refractivity contribution is 0.0924. The van der Waals surface area contributed by atoms with Crippen LogP contribution in [0.4, 0.5) is 0 Å². The van der Waals surface area contributed by atoms with Crippen LogP contribution in [-0.2, 0) is 5.75 Å². The van der Waals surface area contributed by atoms with Crippen LogP contribution in [0.1, 0.15) is 22.2 Å². The van der Waals surface area contributed by atoms with Crippen molar-refractivity contribution >= 4 is 17.7 Å². The van der Waals surface area contributed by atoms with Crippen molar-refractivity contribution in [2.24, 2.45) is 5.84 Å². The van der Waals surface area contributed by atoms with E-state index in [1.807, 2.05) is 5.43 Å². The molecule has 2 aromatic heterocycles. The van der Waals surface area contributed by atoms with Gasteiger partial charge in [0.15, 0.2) is 5.76 Å². The average Bonchev–Trinajstić information content (AvgIpc) is 2.94. The zero-order valence-corrected chi connectivity index (χ0v) is 9.78. The second-order valence-electron chi connectivity index (χ2n) is 3.12. The fourth-order valence-corrected chi connectivity index (χ4v) is 1.82. The van der Waals surface area contributed by atoms with Crippen molar-refractivity contribution in [3.63, 3.8) is 0 Å². The monoisotopic (exact) mass is 254 g/mol. The summed E-state index contributed by atoms with van der Waals surface area (Å²) in [6.07, 6.45) is 0. The number of carbonyl (C=O) groups is 1. The summed E-state index contributed by atoms with van der Waals surface area (Å²) in [7, 11) is 0. The molecule has 0 aliphatic carbocycles. The Kier molecular flexibility index (Phi) is 3.45. The van der Waals surface area contributed by atoms with Gasteiger partial charge in [0.25, 0.3) is 5.22 Å². The topological polar surface area (TPSA) is 107 Å². The molecule has 2 rings (SSSR count). The van der Waals surface area contributed by atoms with Crippen molar-refractivity contribution in [2.75, 3.05) is 0 Å². The van der Waals surface area contributed by atoms with Crippen LogP contribution in [0.2, 0.25) is 0 Å². The first kappa shape index (κ1) is 11.7. The third-order valence-corrected chi connectivity index (χ3v) is 2.70. The minimum absolute atomic E-state index is 0.171. The number of hydrogen-bond donors (Lipinski definition) is 2. The van der Waals surface area contributed by atoms with E-state index in [4.69, 9.17) is 14.7 Å². The number of nitrogens with zero attached hydrogens (tertiary/aromatic N) is 2. The molecule has 3 N–H and O–H groups in total. The van der Waals surface area contributed by atoms with Gasteiger partial charge in [0, 0.05) is 6.92 Å². The Morgan fingerprint density at radius 2 is 2.29 bits per heavy atom. The third-order valence-electron chi connectivity index (χ3n) is 1.86. The van der Waals surface area contributed by atoms with Crippen LogP contribution >= 0.6 is 11.8 Å². The van der Waals surface area contributed by atoms with E-state index in [-0.39, 0.29) is 5.76 Å². The number of thioether (sulfide) groups is 1. The minimum atomic E-state index is -0.463. The summed E-state index contributed by atoms with van der Waals surface area (Å²) in [5.41, 5.74) is 1.99. The van der Waals surface area contributed by atoms with Crippen molar-refractivity contribution in [3.8, 4) is 0 Å². The number of aromatic nitrogens is 2. The van der Waals surface area contributed by atoms with Crippen LogP contribution in [0, 0.1) is 6.92 Å². The van der Waals surface area contributed by atoms with Crippen LogP contribution in [0.3, 0.4) is 0 Å². The van der Waals surface area contributed by atoms with E-state index < -0.39 is 5.91 Å². The number of nitrogens with two attached hydrogens (primary N) is 1. The Morgan fingerprint density at radius 1 is 1.47 bits per heavy atom. The number of carbonyl (C=O) groups excluding carboxylic acids is 1. The van der Waals surface area contributed by atoms with Gasteiger partial charge < -0.3 is 8.83 Å². The molecule has 90 valence electrons. The predicted octanol–water partition coefficient (Wildman–Crippen LogP) is 0.867. The summed E-state index contributed by atoms with van der Waals surface area (Å²) in [6, 6.07) is 3.25. The lowest BCUT2D eigenvalue weighted by atomic mass is 10.4. The standard InChI is InChI=1S/C9H10N4O3S/c1-5-12-13-9(15-5)17-4-6-2-3-7(16-6)8(14)11-10/h2-3H,4,10H2,1H3,(H,11,14). The molecule has 0 bridgehead atoms. The second kappa shape index (κ2) is 5.02. The number of aryl methyl sites for hydroxylation is 1. The summed E-state index contributed by atoms with van der Waals surface area (Å²) < 4.78 is 10.4. The number of furan rings is 1. The number of hydrogen-bond acceptors (Lipinski definition) is 7. The Morgan fingerprint density at radius 3 is 2.94 bits per heavy atom. The van der Waals surface area contributed by atoms with E-state index in [0.29, 0.717) is 22.6 Å². The highest BCUT2D eigenvalue weighted by Crippen LogP contribution is 2.22. The van der Waals surface area contributed by atoms with Gasteiger partial charge in [0.1, 0.15) is 5.76 Å². The van der Waals surface area contributed by atoms with Crippen LogP contribution in [0.5, 0.6) is 0 Å². The van der Waals surface area contributed by atoms with Crippen molar-refractivity contribution < 1.29 is 13.6 Å². The zero-order valence-electron chi connectivity index (χ0n) is 8.97. The highest BCUT2D eigenvalue weighted by molar-refractivity contribution is 7.98. The molecule has 1 amide bonds. The molecule has 0 radical (unpaired) electrons. The number of nitrogen functional groups attached to an aromatic ring is 1. The first-order valence-electron chi connectivity index (χ1n) is 4.71. The zero-order chi connectivity index (χ0) is 12.3. The molecule has 0 aliphatic heterocycles. The molecule has 2 heterocycles. The highest BCUT2D eigenvalue weighted by Gasteiger charge is 2.11. The number of amides is 1. The number of hydrazine groups is 1. The smallest absolute Gasteiger partial charge is 0.300 e. The van der Waals surface area contributed by atoms with E-state index in [1.165, 1.54) is 11.8 Å². The molecule has 0 saturated carbocycles. The van der Waals surface area contributed by atoms with E-state index in [1.54, 1.807) is 19.1 Å². The Balaban J connectivity index is 1.95. The lowest BCUT2D eigenvalue weighted by Crippen LogP contribution is -2.29. The Hall–Kier alpha value is -1.80. The minimum Gasteiger partial charge on any atom is -0.455 e. The summed E-state index contributed by atoms with van der Waals surface area (Å²) in [5.74, 6) is 6.33. The molecule has 0 saturated heterocycles. The van der Waals surface area contributed by atoms with Gasteiger partial charge in [-0.3, -0.25) is 10.2 Å². The van der Waals surface area contributed by atoms with E-state index >= 15 is 0 Å². The maximum absolute atomic E-state index is 11.1. The largest absolute Gasteiger partial charge is 0.455 e. The van der Waals surface area contributed by atoms with Gasteiger partial charge in [0.05, 0.1) is 5.75 Å². The molecule has 0 atom stereocenters.